The van der Waals surface area contributed by atoms with Crippen LogP contribution < -0.4 is 10.6 Å². The molecule has 3 unspecified atom stereocenters. The van der Waals surface area contributed by atoms with Gasteiger partial charge in [-0.05, 0) is 25.3 Å². The van der Waals surface area contributed by atoms with E-state index in [1.807, 2.05) is 0 Å². The molecule has 6 heteroatoms. The number of sulfone groups is 1. The highest BCUT2D eigenvalue weighted by Crippen LogP contribution is 2.17. The van der Waals surface area contributed by atoms with Crippen LogP contribution in [-0.4, -0.2) is 45.0 Å². The summed E-state index contributed by atoms with van der Waals surface area (Å²) < 4.78 is 22.6. The van der Waals surface area contributed by atoms with Crippen molar-refractivity contribution in [2.45, 2.75) is 25.8 Å². The van der Waals surface area contributed by atoms with Crippen molar-refractivity contribution in [2.75, 3.05) is 24.6 Å². The minimum atomic E-state index is -2.91. The van der Waals surface area contributed by atoms with E-state index >= 15 is 0 Å². The summed E-state index contributed by atoms with van der Waals surface area (Å²) in [6.07, 6.45) is 1.45. The van der Waals surface area contributed by atoms with Crippen LogP contribution in [0.2, 0.25) is 0 Å². The molecule has 2 N–H and O–H groups in total. The minimum absolute atomic E-state index is 0.00569. The lowest BCUT2D eigenvalue weighted by Gasteiger charge is -2.27. The lowest BCUT2D eigenvalue weighted by Crippen LogP contribution is -2.46. The Kier molecular flexibility index (Phi) is 3.73. The van der Waals surface area contributed by atoms with Gasteiger partial charge in [-0.2, -0.15) is 0 Å². The van der Waals surface area contributed by atoms with Crippen LogP contribution in [-0.2, 0) is 14.6 Å². The Bertz CT molecular complexity index is 394. The fraction of sp³-hybridized carbons (Fsp3) is 0.909. The molecule has 2 heterocycles. The van der Waals surface area contributed by atoms with Crippen LogP contribution in [0.1, 0.15) is 19.8 Å². The minimum Gasteiger partial charge on any atom is -0.352 e. The topological polar surface area (TPSA) is 75.3 Å². The number of piperidine rings is 1. The molecule has 3 atom stereocenters. The van der Waals surface area contributed by atoms with Gasteiger partial charge in [-0.25, -0.2) is 8.42 Å². The van der Waals surface area contributed by atoms with Crippen LogP contribution in [0.3, 0.4) is 0 Å². The fourth-order valence-corrected chi connectivity index (χ4v) is 4.26. The lowest BCUT2D eigenvalue weighted by molar-refractivity contribution is -0.126. The zero-order chi connectivity index (χ0) is 12.5. The number of hydrogen-bond acceptors (Lipinski definition) is 4. The first-order chi connectivity index (χ1) is 7.96. The van der Waals surface area contributed by atoms with Crippen LogP contribution in [0.25, 0.3) is 0 Å². The van der Waals surface area contributed by atoms with Gasteiger partial charge < -0.3 is 10.6 Å². The van der Waals surface area contributed by atoms with E-state index in [0.717, 1.165) is 13.0 Å². The van der Waals surface area contributed by atoms with Gasteiger partial charge in [0.25, 0.3) is 0 Å². The molecular formula is C11H20N2O3S. The van der Waals surface area contributed by atoms with E-state index in [0.29, 0.717) is 18.9 Å². The van der Waals surface area contributed by atoms with E-state index in [9.17, 15) is 13.2 Å². The van der Waals surface area contributed by atoms with Crippen molar-refractivity contribution in [2.24, 2.45) is 11.8 Å². The highest BCUT2D eigenvalue weighted by Gasteiger charge is 2.32. The van der Waals surface area contributed by atoms with Crippen molar-refractivity contribution >= 4 is 15.7 Å². The largest absolute Gasteiger partial charge is 0.352 e. The smallest absolute Gasteiger partial charge is 0.224 e. The molecule has 2 saturated heterocycles. The molecule has 0 radical (unpaired) electrons. The maximum atomic E-state index is 12.0. The van der Waals surface area contributed by atoms with Gasteiger partial charge in [0, 0.05) is 12.6 Å². The third-order valence-electron chi connectivity index (χ3n) is 3.52. The summed E-state index contributed by atoms with van der Waals surface area (Å²) in [5.41, 5.74) is 0. The monoisotopic (exact) mass is 260 g/mol. The molecule has 2 aliphatic rings. The average molecular weight is 260 g/mol. The van der Waals surface area contributed by atoms with Crippen LogP contribution in [0.15, 0.2) is 0 Å². The molecule has 17 heavy (non-hydrogen) atoms. The van der Waals surface area contributed by atoms with Crippen molar-refractivity contribution in [3.63, 3.8) is 0 Å². The van der Waals surface area contributed by atoms with E-state index in [4.69, 9.17) is 0 Å². The molecule has 2 fully saturated rings. The van der Waals surface area contributed by atoms with Gasteiger partial charge in [0.15, 0.2) is 9.84 Å². The van der Waals surface area contributed by atoms with Gasteiger partial charge in [-0.3, -0.25) is 4.79 Å². The van der Waals surface area contributed by atoms with Gasteiger partial charge in [0.05, 0.1) is 17.4 Å². The maximum Gasteiger partial charge on any atom is 0.224 e. The van der Waals surface area contributed by atoms with E-state index in [1.54, 1.807) is 0 Å². The first-order valence-corrected chi connectivity index (χ1v) is 8.00. The Balaban J connectivity index is 1.85. The molecule has 0 aliphatic carbocycles. The molecule has 1 amide bonds. The fourth-order valence-electron chi connectivity index (χ4n) is 2.58. The van der Waals surface area contributed by atoms with Gasteiger partial charge in [0.2, 0.25) is 5.91 Å². The number of carbonyl (C=O) groups is 1. The van der Waals surface area contributed by atoms with Crippen molar-refractivity contribution < 1.29 is 13.2 Å². The predicted molar refractivity (Wildman–Crippen MR) is 65.3 cm³/mol. The van der Waals surface area contributed by atoms with Crippen molar-refractivity contribution in [3.05, 3.63) is 0 Å². The predicted octanol–water partition coefficient (Wildman–Crippen LogP) is -0.465. The Morgan fingerprint density at radius 1 is 1.35 bits per heavy atom. The Morgan fingerprint density at radius 2 is 2.12 bits per heavy atom. The summed E-state index contributed by atoms with van der Waals surface area (Å²) in [6.45, 7) is 3.78. The molecule has 98 valence electrons. The van der Waals surface area contributed by atoms with Crippen LogP contribution in [0.5, 0.6) is 0 Å². The molecule has 0 aromatic rings. The molecule has 0 saturated carbocycles. The Hall–Kier alpha value is -0.620. The highest BCUT2D eigenvalue weighted by molar-refractivity contribution is 7.91. The number of hydrogen-bond donors (Lipinski definition) is 2. The summed E-state index contributed by atoms with van der Waals surface area (Å²) in [5, 5.41) is 6.09. The molecule has 0 bridgehead atoms. The highest BCUT2D eigenvalue weighted by atomic mass is 32.2. The van der Waals surface area contributed by atoms with Crippen LogP contribution in [0, 0.1) is 11.8 Å². The SMILES string of the molecule is CC1CNCC(C(=O)NC2CCS(=O)(=O)C2)C1. The van der Waals surface area contributed by atoms with Crippen LogP contribution >= 0.6 is 0 Å². The standard InChI is InChI=1S/C11H20N2O3S/c1-8-4-9(6-12-5-8)11(14)13-10-2-3-17(15,16)7-10/h8-10,12H,2-7H2,1H3,(H,13,14). The summed E-state index contributed by atoms with van der Waals surface area (Å²) in [7, 11) is -2.91. The second-order valence-corrected chi connectivity index (χ2v) is 7.53. The normalized spacial score (nSPS) is 36.6. The number of amides is 1. The molecular weight excluding hydrogens is 240 g/mol. The van der Waals surface area contributed by atoms with Gasteiger partial charge in [-0.15, -0.1) is 0 Å². The maximum absolute atomic E-state index is 12.0. The molecule has 0 aromatic heterocycles. The first kappa shape index (κ1) is 12.8. The summed E-state index contributed by atoms with van der Waals surface area (Å²) in [5.74, 6) is 0.811. The Labute approximate surface area is 102 Å². The second-order valence-electron chi connectivity index (χ2n) is 5.30. The quantitative estimate of drug-likeness (QED) is 0.704. The van der Waals surface area contributed by atoms with Gasteiger partial charge >= 0.3 is 0 Å². The summed E-state index contributed by atoms with van der Waals surface area (Å²) in [4.78, 5) is 12.0. The third kappa shape index (κ3) is 3.42. The third-order valence-corrected chi connectivity index (χ3v) is 5.29. The Morgan fingerprint density at radius 3 is 2.71 bits per heavy atom. The van der Waals surface area contributed by atoms with Gasteiger partial charge in [0.1, 0.15) is 0 Å². The zero-order valence-corrected chi connectivity index (χ0v) is 10.9. The number of carbonyl (C=O) groups excluding carboxylic acids is 1. The van der Waals surface area contributed by atoms with Crippen molar-refractivity contribution in [1.29, 1.82) is 0 Å². The van der Waals surface area contributed by atoms with Crippen molar-refractivity contribution in [3.8, 4) is 0 Å². The number of nitrogens with one attached hydrogen (secondary N) is 2. The second kappa shape index (κ2) is 4.94. The van der Waals surface area contributed by atoms with E-state index in [1.165, 1.54) is 0 Å². The van der Waals surface area contributed by atoms with E-state index < -0.39 is 9.84 Å². The van der Waals surface area contributed by atoms with Gasteiger partial charge in [-0.1, -0.05) is 6.92 Å². The molecule has 0 spiro atoms. The lowest BCUT2D eigenvalue weighted by atomic mass is 9.91. The molecule has 0 aromatic carbocycles. The summed E-state index contributed by atoms with van der Waals surface area (Å²) >= 11 is 0. The molecule has 2 aliphatic heterocycles. The van der Waals surface area contributed by atoms with Crippen LogP contribution in [0.4, 0.5) is 0 Å². The van der Waals surface area contributed by atoms with E-state index in [2.05, 4.69) is 17.6 Å². The number of rotatable bonds is 2. The average Bonchev–Trinajstić information content (AvgIpc) is 2.58. The molecule has 5 nitrogen and oxygen atoms in total. The molecule has 2 rings (SSSR count). The zero-order valence-electron chi connectivity index (χ0n) is 10.1. The summed E-state index contributed by atoms with van der Waals surface area (Å²) in [6, 6.07) is -0.176. The van der Waals surface area contributed by atoms with E-state index in [-0.39, 0.29) is 29.4 Å². The van der Waals surface area contributed by atoms with Crippen molar-refractivity contribution in [1.82, 2.24) is 10.6 Å². The first-order valence-electron chi connectivity index (χ1n) is 6.18.